The normalized spacial score (nSPS) is 11.1. The maximum atomic E-state index is 13.5. The van der Waals surface area contributed by atoms with E-state index in [1.807, 2.05) is 12.1 Å². The quantitative estimate of drug-likeness (QED) is 0.420. The highest BCUT2D eigenvalue weighted by molar-refractivity contribution is 7.22. The van der Waals surface area contributed by atoms with E-state index in [4.69, 9.17) is 4.98 Å². The highest BCUT2D eigenvalue weighted by atomic mass is 32.1. The molecule has 4 rings (SSSR count). The SMILES string of the molecule is Cc1ccc(CC(=O)N(Cc2cccnc2)c2nc3c(C)c(C)ccc3s2)c(C)c1. The van der Waals surface area contributed by atoms with Gasteiger partial charge >= 0.3 is 0 Å². The van der Waals surface area contributed by atoms with Crippen LogP contribution in [0.2, 0.25) is 0 Å². The third kappa shape index (κ3) is 4.12. The Hall–Kier alpha value is -3.05. The Balaban J connectivity index is 1.72. The highest BCUT2D eigenvalue weighted by Crippen LogP contribution is 2.33. The molecular weight excluding hydrogens is 390 g/mol. The molecular formula is C25H25N3OS. The van der Waals surface area contributed by atoms with Gasteiger partial charge in [0.05, 0.1) is 23.2 Å². The summed E-state index contributed by atoms with van der Waals surface area (Å²) < 4.78 is 1.10. The van der Waals surface area contributed by atoms with E-state index in [1.165, 1.54) is 11.1 Å². The summed E-state index contributed by atoms with van der Waals surface area (Å²) in [4.78, 5) is 24.3. The van der Waals surface area contributed by atoms with Crippen molar-refractivity contribution >= 4 is 32.6 Å². The lowest BCUT2D eigenvalue weighted by Gasteiger charge is -2.20. The maximum Gasteiger partial charge on any atom is 0.233 e. The van der Waals surface area contributed by atoms with Crippen molar-refractivity contribution < 1.29 is 4.79 Å². The smallest absolute Gasteiger partial charge is 0.233 e. The number of carbonyl (C=O) groups is 1. The second-order valence-electron chi connectivity index (χ2n) is 7.80. The first-order valence-corrected chi connectivity index (χ1v) is 10.9. The minimum atomic E-state index is 0.0410. The molecule has 0 radical (unpaired) electrons. The van der Waals surface area contributed by atoms with E-state index in [0.717, 1.165) is 37.6 Å². The summed E-state index contributed by atoms with van der Waals surface area (Å²) in [7, 11) is 0. The number of rotatable bonds is 5. The Kier molecular flexibility index (Phi) is 5.64. The molecule has 0 N–H and O–H groups in total. The van der Waals surface area contributed by atoms with Gasteiger partial charge in [0.25, 0.3) is 0 Å². The van der Waals surface area contributed by atoms with E-state index in [9.17, 15) is 4.79 Å². The number of nitrogens with zero attached hydrogens (tertiary/aromatic N) is 3. The van der Waals surface area contributed by atoms with Gasteiger partial charge in [-0.15, -0.1) is 0 Å². The first-order chi connectivity index (χ1) is 14.4. The summed E-state index contributed by atoms with van der Waals surface area (Å²) in [6, 6.07) is 14.3. The Morgan fingerprint density at radius 2 is 1.87 bits per heavy atom. The fourth-order valence-electron chi connectivity index (χ4n) is 3.57. The number of hydrogen-bond acceptors (Lipinski definition) is 4. The zero-order chi connectivity index (χ0) is 21.3. The molecule has 0 unspecified atom stereocenters. The second-order valence-corrected chi connectivity index (χ2v) is 8.81. The molecule has 0 aliphatic heterocycles. The van der Waals surface area contributed by atoms with Gasteiger partial charge in [-0.2, -0.15) is 0 Å². The van der Waals surface area contributed by atoms with Crippen molar-refractivity contribution in [3.63, 3.8) is 0 Å². The van der Waals surface area contributed by atoms with E-state index >= 15 is 0 Å². The van der Waals surface area contributed by atoms with Crippen molar-refractivity contribution in [1.29, 1.82) is 0 Å². The molecule has 0 atom stereocenters. The van der Waals surface area contributed by atoms with Crippen molar-refractivity contribution in [2.75, 3.05) is 4.90 Å². The van der Waals surface area contributed by atoms with Crippen LogP contribution in [-0.2, 0) is 17.8 Å². The Bertz CT molecular complexity index is 1210. The number of anilines is 1. The van der Waals surface area contributed by atoms with Gasteiger partial charge in [-0.3, -0.25) is 14.7 Å². The van der Waals surface area contributed by atoms with Gasteiger partial charge in [-0.25, -0.2) is 4.98 Å². The summed E-state index contributed by atoms with van der Waals surface area (Å²) in [5, 5.41) is 0.734. The van der Waals surface area contributed by atoms with Crippen LogP contribution >= 0.6 is 11.3 Å². The van der Waals surface area contributed by atoms with Crippen molar-refractivity contribution in [1.82, 2.24) is 9.97 Å². The largest absolute Gasteiger partial charge is 0.283 e. The number of hydrogen-bond donors (Lipinski definition) is 0. The zero-order valence-electron chi connectivity index (χ0n) is 17.8. The van der Waals surface area contributed by atoms with Crippen LogP contribution in [-0.4, -0.2) is 15.9 Å². The molecule has 2 heterocycles. The molecule has 0 spiro atoms. The van der Waals surface area contributed by atoms with Crippen LogP contribution in [0.4, 0.5) is 5.13 Å². The molecule has 0 bridgehead atoms. The van der Waals surface area contributed by atoms with Gasteiger partial charge in [-0.05, 0) is 67.6 Å². The summed E-state index contributed by atoms with van der Waals surface area (Å²) in [6.45, 7) is 8.76. The number of amides is 1. The molecule has 0 saturated carbocycles. The number of benzene rings is 2. The van der Waals surface area contributed by atoms with Crippen LogP contribution in [0.3, 0.4) is 0 Å². The van der Waals surface area contributed by atoms with Gasteiger partial charge in [0.15, 0.2) is 5.13 Å². The summed E-state index contributed by atoms with van der Waals surface area (Å²) in [6.07, 6.45) is 3.90. The van der Waals surface area contributed by atoms with Crippen LogP contribution < -0.4 is 4.90 Å². The van der Waals surface area contributed by atoms with Crippen LogP contribution in [0.5, 0.6) is 0 Å². The van der Waals surface area contributed by atoms with Crippen LogP contribution in [0.1, 0.15) is 33.4 Å². The Morgan fingerprint density at radius 1 is 1.03 bits per heavy atom. The third-order valence-corrected chi connectivity index (χ3v) is 6.55. The lowest BCUT2D eigenvalue weighted by atomic mass is 10.0. The fraction of sp³-hybridized carbons (Fsp3) is 0.240. The van der Waals surface area contributed by atoms with Gasteiger partial charge in [-0.1, -0.05) is 47.2 Å². The standard InChI is InChI=1S/C25H25N3OS/c1-16-7-9-21(18(3)12-16)13-23(29)28(15-20-6-5-11-26-14-20)25-27-24-19(4)17(2)8-10-22(24)30-25/h5-12,14H,13,15H2,1-4H3. The van der Waals surface area contributed by atoms with Crippen LogP contribution in [0.25, 0.3) is 10.2 Å². The van der Waals surface area contributed by atoms with Gasteiger partial charge in [0.2, 0.25) is 5.91 Å². The van der Waals surface area contributed by atoms with E-state index < -0.39 is 0 Å². The van der Waals surface area contributed by atoms with E-state index in [1.54, 1.807) is 28.6 Å². The molecule has 4 nitrogen and oxygen atoms in total. The van der Waals surface area contributed by atoms with Gasteiger partial charge in [0.1, 0.15) is 0 Å². The summed E-state index contributed by atoms with van der Waals surface area (Å²) >= 11 is 1.57. The zero-order valence-corrected chi connectivity index (χ0v) is 18.6. The summed E-state index contributed by atoms with van der Waals surface area (Å²) in [5.41, 5.74) is 7.73. The molecule has 30 heavy (non-hydrogen) atoms. The number of thiazole rings is 1. The van der Waals surface area contributed by atoms with Crippen LogP contribution in [0.15, 0.2) is 54.9 Å². The van der Waals surface area contributed by atoms with E-state index in [0.29, 0.717) is 13.0 Å². The number of aryl methyl sites for hydroxylation is 4. The number of carbonyl (C=O) groups excluding carboxylic acids is 1. The first-order valence-electron chi connectivity index (χ1n) is 10.0. The molecule has 0 aliphatic rings. The molecule has 2 aromatic heterocycles. The van der Waals surface area contributed by atoms with E-state index in [-0.39, 0.29) is 5.91 Å². The Morgan fingerprint density at radius 3 is 2.60 bits per heavy atom. The van der Waals surface area contributed by atoms with Crippen LogP contribution in [0, 0.1) is 27.7 Å². The van der Waals surface area contributed by atoms with Gasteiger partial charge in [0, 0.05) is 12.4 Å². The second kappa shape index (κ2) is 8.36. The fourth-order valence-corrected chi connectivity index (χ4v) is 4.61. The predicted molar refractivity (Wildman–Crippen MR) is 124 cm³/mol. The molecule has 5 heteroatoms. The van der Waals surface area contributed by atoms with Crippen molar-refractivity contribution in [3.8, 4) is 0 Å². The molecule has 152 valence electrons. The molecule has 2 aromatic carbocycles. The average molecular weight is 416 g/mol. The minimum absolute atomic E-state index is 0.0410. The predicted octanol–water partition coefficient (Wildman–Crippen LogP) is 5.70. The topological polar surface area (TPSA) is 46.1 Å². The molecule has 4 aromatic rings. The number of aromatic nitrogens is 2. The molecule has 0 saturated heterocycles. The van der Waals surface area contributed by atoms with Crippen molar-refractivity contribution in [2.45, 2.75) is 40.7 Å². The molecule has 1 amide bonds. The molecule has 0 fully saturated rings. The van der Waals surface area contributed by atoms with E-state index in [2.05, 4.69) is 63.0 Å². The van der Waals surface area contributed by atoms with Crippen molar-refractivity contribution in [2.24, 2.45) is 0 Å². The molecule has 0 aliphatic carbocycles. The summed E-state index contributed by atoms with van der Waals surface area (Å²) in [5.74, 6) is 0.0410. The Labute approximate surface area is 181 Å². The minimum Gasteiger partial charge on any atom is -0.283 e. The van der Waals surface area contributed by atoms with Crippen molar-refractivity contribution in [3.05, 3.63) is 88.2 Å². The lowest BCUT2D eigenvalue weighted by molar-refractivity contribution is -0.118. The number of fused-ring (bicyclic) bond motifs is 1. The monoisotopic (exact) mass is 415 g/mol. The lowest BCUT2D eigenvalue weighted by Crippen LogP contribution is -2.32. The first kappa shape index (κ1) is 20.2. The third-order valence-electron chi connectivity index (χ3n) is 5.51. The maximum absolute atomic E-state index is 13.5. The number of pyridine rings is 1. The highest BCUT2D eigenvalue weighted by Gasteiger charge is 2.22. The average Bonchev–Trinajstić information content (AvgIpc) is 3.16. The van der Waals surface area contributed by atoms with Gasteiger partial charge < -0.3 is 0 Å².